The van der Waals surface area contributed by atoms with Gasteiger partial charge in [-0.1, -0.05) is 6.92 Å². The molecule has 1 aliphatic rings. The van der Waals surface area contributed by atoms with Crippen LogP contribution in [0.5, 0.6) is 0 Å². The molecule has 1 saturated heterocycles. The van der Waals surface area contributed by atoms with E-state index in [1.807, 2.05) is 0 Å². The molecule has 2 rings (SSSR count). The molecule has 1 aromatic rings. The first-order valence-electron chi connectivity index (χ1n) is 7.22. The van der Waals surface area contributed by atoms with Crippen LogP contribution in [0.4, 0.5) is 4.39 Å². The average molecular weight is 266 g/mol. The van der Waals surface area contributed by atoms with Gasteiger partial charge >= 0.3 is 0 Å². The van der Waals surface area contributed by atoms with Gasteiger partial charge in [-0.05, 0) is 50.3 Å². The van der Waals surface area contributed by atoms with E-state index in [9.17, 15) is 4.39 Å². The minimum atomic E-state index is -0.274. The predicted octanol–water partition coefficient (Wildman–Crippen LogP) is 3.08. The van der Waals surface area contributed by atoms with Gasteiger partial charge in [-0.3, -0.25) is 4.98 Å². The number of halogens is 1. The molecule has 1 aromatic heterocycles. The summed E-state index contributed by atoms with van der Waals surface area (Å²) in [6, 6.07) is 3.51. The third kappa shape index (κ3) is 4.55. The van der Waals surface area contributed by atoms with Crippen LogP contribution in [0.25, 0.3) is 0 Å². The lowest BCUT2D eigenvalue weighted by atomic mass is 9.91. The second-order valence-corrected chi connectivity index (χ2v) is 5.20. The molecule has 3 nitrogen and oxygen atoms in total. The molecule has 0 bridgehead atoms. The summed E-state index contributed by atoms with van der Waals surface area (Å²) in [7, 11) is 0. The molecule has 1 N–H and O–H groups in total. The Morgan fingerprint density at radius 2 is 2.21 bits per heavy atom. The van der Waals surface area contributed by atoms with Crippen molar-refractivity contribution in [2.75, 3.05) is 19.8 Å². The molecule has 2 heterocycles. The summed E-state index contributed by atoms with van der Waals surface area (Å²) in [5.74, 6) is 0.402. The highest BCUT2D eigenvalue weighted by Gasteiger charge is 2.20. The first kappa shape index (κ1) is 14.4. The molecule has 1 fully saturated rings. The van der Waals surface area contributed by atoms with Crippen LogP contribution >= 0.6 is 0 Å². The van der Waals surface area contributed by atoms with Crippen LogP contribution in [0.2, 0.25) is 0 Å². The lowest BCUT2D eigenvalue weighted by Gasteiger charge is -2.27. The monoisotopic (exact) mass is 266 g/mol. The zero-order valence-corrected chi connectivity index (χ0v) is 11.6. The molecule has 0 aromatic carbocycles. The van der Waals surface area contributed by atoms with E-state index in [-0.39, 0.29) is 11.9 Å². The Balaban J connectivity index is 1.99. The number of ether oxygens (including phenoxy) is 1. The van der Waals surface area contributed by atoms with Crippen molar-refractivity contribution in [1.29, 1.82) is 0 Å². The quantitative estimate of drug-likeness (QED) is 0.859. The average Bonchev–Trinajstić information content (AvgIpc) is 2.45. The number of aromatic nitrogens is 1. The van der Waals surface area contributed by atoms with Crippen molar-refractivity contribution < 1.29 is 9.13 Å². The molecular weight excluding hydrogens is 243 g/mol. The van der Waals surface area contributed by atoms with Crippen LogP contribution in [0, 0.1) is 11.7 Å². The minimum absolute atomic E-state index is 0.226. The van der Waals surface area contributed by atoms with E-state index in [2.05, 4.69) is 17.2 Å². The largest absolute Gasteiger partial charge is 0.381 e. The van der Waals surface area contributed by atoms with Gasteiger partial charge in [0.2, 0.25) is 0 Å². The van der Waals surface area contributed by atoms with Crippen molar-refractivity contribution >= 4 is 0 Å². The van der Waals surface area contributed by atoms with Gasteiger partial charge in [0.15, 0.2) is 0 Å². The Morgan fingerprint density at radius 3 is 2.84 bits per heavy atom. The Bertz CT molecular complexity index is 363. The van der Waals surface area contributed by atoms with Gasteiger partial charge in [0.1, 0.15) is 5.82 Å². The summed E-state index contributed by atoms with van der Waals surface area (Å²) in [4.78, 5) is 4.23. The second kappa shape index (κ2) is 7.56. The number of hydrogen-bond donors (Lipinski definition) is 1. The highest BCUT2D eigenvalue weighted by atomic mass is 19.1. The second-order valence-electron chi connectivity index (χ2n) is 5.20. The lowest BCUT2D eigenvalue weighted by molar-refractivity contribution is 0.0603. The molecule has 4 heteroatoms. The van der Waals surface area contributed by atoms with Gasteiger partial charge in [-0.15, -0.1) is 0 Å². The summed E-state index contributed by atoms with van der Waals surface area (Å²) < 4.78 is 18.4. The fourth-order valence-corrected chi connectivity index (χ4v) is 2.54. The zero-order chi connectivity index (χ0) is 13.5. The Hall–Kier alpha value is -1.00. The van der Waals surface area contributed by atoms with Gasteiger partial charge in [0.05, 0.1) is 11.9 Å². The van der Waals surface area contributed by atoms with Crippen LogP contribution < -0.4 is 5.32 Å². The van der Waals surface area contributed by atoms with E-state index >= 15 is 0 Å². The molecule has 19 heavy (non-hydrogen) atoms. The number of pyridine rings is 1. The number of hydrogen-bond acceptors (Lipinski definition) is 3. The van der Waals surface area contributed by atoms with Crippen LogP contribution in [-0.4, -0.2) is 24.7 Å². The van der Waals surface area contributed by atoms with E-state index in [1.165, 1.54) is 12.3 Å². The van der Waals surface area contributed by atoms with E-state index in [4.69, 9.17) is 4.74 Å². The van der Waals surface area contributed by atoms with E-state index in [1.54, 1.807) is 6.07 Å². The van der Waals surface area contributed by atoms with Crippen LogP contribution in [0.3, 0.4) is 0 Å². The maximum absolute atomic E-state index is 13.0. The Morgan fingerprint density at radius 1 is 1.42 bits per heavy atom. The number of nitrogens with zero attached hydrogens (tertiary/aromatic N) is 1. The van der Waals surface area contributed by atoms with Gasteiger partial charge < -0.3 is 10.1 Å². The topological polar surface area (TPSA) is 34.1 Å². The zero-order valence-electron chi connectivity index (χ0n) is 11.6. The summed E-state index contributed by atoms with van der Waals surface area (Å²) in [5, 5.41) is 3.53. The molecule has 0 saturated carbocycles. The summed E-state index contributed by atoms with van der Waals surface area (Å²) in [5.41, 5.74) is 0.946. The third-order valence-corrected chi connectivity index (χ3v) is 3.66. The molecule has 1 aliphatic heterocycles. The van der Waals surface area contributed by atoms with Crippen molar-refractivity contribution in [2.45, 2.75) is 38.6 Å². The maximum Gasteiger partial charge on any atom is 0.141 e. The summed E-state index contributed by atoms with van der Waals surface area (Å²) in [6.07, 6.45) is 5.68. The Labute approximate surface area is 114 Å². The van der Waals surface area contributed by atoms with Crippen LogP contribution in [0.15, 0.2) is 18.3 Å². The fraction of sp³-hybridized carbons (Fsp3) is 0.667. The van der Waals surface area contributed by atoms with Gasteiger partial charge in [0.25, 0.3) is 0 Å². The lowest BCUT2D eigenvalue weighted by Crippen LogP contribution is -2.27. The van der Waals surface area contributed by atoms with Gasteiger partial charge in [0, 0.05) is 19.3 Å². The molecule has 1 unspecified atom stereocenters. The maximum atomic E-state index is 13.0. The standard InChI is InChI=1S/C15H23FN2O/c1-2-7-17-15(10-12-5-8-19-9-6-12)14-4-3-13(16)11-18-14/h3-4,11-12,15,17H,2,5-10H2,1H3. The summed E-state index contributed by atoms with van der Waals surface area (Å²) in [6.45, 7) is 4.84. The molecular formula is C15H23FN2O. The summed E-state index contributed by atoms with van der Waals surface area (Å²) >= 11 is 0. The number of nitrogens with one attached hydrogen (secondary N) is 1. The highest BCUT2D eigenvalue weighted by Crippen LogP contribution is 2.26. The first-order valence-corrected chi connectivity index (χ1v) is 7.22. The van der Waals surface area contributed by atoms with Gasteiger partial charge in [-0.25, -0.2) is 4.39 Å². The van der Waals surface area contributed by atoms with Gasteiger partial charge in [-0.2, -0.15) is 0 Å². The van der Waals surface area contributed by atoms with Crippen LogP contribution in [0.1, 0.15) is 44.3 Å². The third-order valence-electron chi connectivity index (χ3n) is 3.66. The van der Waals surface area contributed by atoms with E-state index < -0.39 is 0 Å². The fourth-order valence-electron chi connectivity index (χ4n) is 2.54. The highest BCUT2D eigenvalue weighted by molar-refractivity contribution is 5.10. The van der Waals surface area contributed by atoms with E-state index in [0.29, 0.717) is 5.92 Å². The molecule has 0 spiro atoms. The van der Waals surface area contributed by atoms with Crippen molar-refractivity contribution in [2.24, 2.45) is 5.92 Å². The molecule has 0 amide bonds. The smallest absolute Gasteiger partial charge is 0.141 e. The Kier molecular flexibility index (Phi) is 5.73. The first-order chi connectivity index (χ1) is 9.29. The normalized spacial score (nSPS) is 18.4. The van der Waals surface area contributed by atoms with Crippen molar-refractivity contribution in [1.82, 2.24) is 10.3 Å². The number of rotatable bonds is 6. The SMILES string of the molecule is CCCNC(CC1CCOCC1)c1ccc(F)cn1. The minimum Gasteiger partial charge on any atom is -0.381 e. The van der Waals surface area contributed by atoms with E-state index in [0.717, 1.165) is 51.1 Å². The van der Waals surface area contributed by atoms with Crippen molar-refractivity contribution in [3.63, 3.8) is 0 Å². The molecule has 0 radical (unpaired) electrons. The molecule has 0 aliphatic carbocycles. The van der Waals surface area contributed by atoms with Crippen molar-refractivity contribution in [3.05, 3.63) is 29.8 Å². The molecule has 1 atom stereocenters. The molecule has 106 valence electrons. The predicted molar refractivity (Wildman–Crippen MR) is 73.4 cm³/mol. The van der Waals surface area contributed by atoms with Crippen molar-refractivity contribution in [3.8, 4) is 0 Å². The van der Waals surface area contributed by atoms with Crippen LogP contribution in [-0.2, 0) is 4.74 Å².